The third-order valence-corrected chi connectivity index (χ3v) is 6.65. The van der Waals surface area contributed by atoms with Crippen LogP contribution in [0.25, 0.3) is 0 Å². The highest BCUT2D eigenvalue weighted by atomic mass is 32.2. The van der Waals surface area contributed by atoms with Crippen LogP contribution in [0, 0.1) is 15.9 Å². The molecule has 2 heterocycles. The standard InChI is InChI=1S/C24H18FN5O3S/c1-28-13-12-26-24(28)34-21-11-6-15(14-20(21)30(32)33)22-27-19-5-3-2-4-18(19)23(31)29(22)17-9-7-16(25)8-10-17/h2-14,22,27H,1H3/t22-/m1/s1. The number of hydrogen-bond donors (Lipinski definition) is 1. The molecule has 0 saturated carbocycles. The maximum absolute atomic E-state index is 13.6. The maximum atomic E-state index is 13.6. The smallest absolute Gasteiger partial charge is 0.283 e. The van der Waals surface area contributed by atoms with Gasteiger partial charge in [-0.15, -0.1) is 0 Å². The highest BCUT2D eigenvalue weighted by Gasteiger charge is 2.35. The summed E-state index contributed by atoms with van der Waals surface area (Å²) in [6, 6.07) is 17.5. The van der Waals surface area contributed by atoms with E-state index in [-0.39, 0.29) is 11.6 Å². The van der Waals surface area contributed by atoms with Crippen LogP contribution in [0.3, 0.4) is 0 Å². The lowest BCUT2D eigenvalue weighted by Crippen LogP contribution is -2.43. The second kappa shape index (κ2) is 8.64. The second-order valence-electron chi connectivity index (χ2n) is 7.65. The van der Waals surface area contributed by atoms with Crippen LogP contribution in [0.2, 0.25) is 0 Å². The number of aromatic nitrogens is 2. The zero-order valence-corrected chi connectivity index (χ0v) is 18.7. The number of para-hydroxylation sites is 1. The summed E-state index contributed by atoms with van der Waals surface area (Å²) in [5.41, 5.74) is 1.96. The van der Waals surface area contributed by atoms with Gasteiger partial charge in [0.1, 0.15) is 12.0 Å². The van der Waals surface area contributed by atoms with Crippen molar-refractivity contribution >= 4 is 34.7 Å². The average Bonchev–Trinajstić information content (AvgIpc) is 3.24. The Morgan fingerprint density at radius 1 is 1.12 bits per heavy atom. The molecule has 0 fully saturated rings. The van der Waals surface area contributed by atoms with E-state index in [9.17, 15) is 19.3 Å². The molecule has 8 nitrogen and oxygen atoms in total. The number of nitrogens with zero attached hydrogens (tertiary/aromatic N) is 4. The molecule has 3 aromatic carbocycles. The first kappa shape index (κ1) is 21.7. The number of nitro benzene ring substituents is 1. The number of aryl methyl sites for hydroxylation is 1. The summed E-state index contributed by atoms with van der Waals surface area (Å²) in [6.45, 7) is 0. The van der Waals surface area contributed by atoms with E-state index in [0.717, 1.165) is 0 Å². The Morgan fingerprint density at radius 3 is 2.59 bits per heavy atom. The molecule has 4 aromatic rings. The molecular formula is C24H18FN5O3S. The molecule has 1 N–H and O–H groups in total. The topological polar surface area (TPSA) is 93.3 Å². The number of benzene rings is 3. The highest BCUT2D eigenvalue weighted by Crippen LogP contribution is 2.40. The number of amides is 1. The van der Waals surface area contributed by atoms with E-state index in [1.165, 1.54) is 47.0 Å². The number of anilines is 2. The predicted octanol–water partition coefficient (Wildman–Crippen LogP) is 5.39. The van der Waals surface area contributed by atoms with Crippen molar-refractivity contribution in [3.05, 3.63) is 106 Å². The lowest BCUT2D eigenvalue weighted by Gasteiger charge is -2.38. The third-order valence-electron chi connectivity index (χ3n) is 5.51. The quantitative estimate of drug-likeness (QED) is 0.307. The number of nitro groups is 1. The molecular weight excluding hydrogens is 457 g/mol. The number of hydrogen-bond acceptors (Lipinski definition) is 6. The van der Waals surface area contributed by atoms with Crippen molar-refractivity contribution in [2.45, 2.75) is 16.2 Å². The molecule has 0 unspecified atom stereocenters. The lowest BCUT2D eigenvalue weighted by atomic mass is 10.0. The summed E-state index contributed by atoms with van der Waals surface area (Å²) >= 11 is 1.19. The highest BCUT2D eigenvalue weighted by molar-refractivity contribution is 7.99. The molecule has 1 aliphatic heterocycles. The van der Waals surface area contributed by atoms with Gasteiger partial charge in [0, 0.05) is 42.4 Å². The van der Waals surface area contributed by atoms with Crippen molar-refractivity contribution in [2.24, 2.45) is 7.05 Å². The average molecular weight is 476 g/mol. The summed E-state index contributed by atoms with van der Waals surface area (Å²) in [6.07, 6.45) is 2.65. The van der Waals surface area contributed by atoms with Crippen LogP contribution in [-0.2, 0) is 7.05 Å². The van der Waals surface area contributed by atoms with Crippen molar-refractivity contribution in [1.82, 2.24) is 9.55 Å². The number of fused-ring (bicyclic) bond motifs is 1. The van der Waals surface area contributed by atoms with E-state index in [1.54, 1.807) is 53.4 Å². The van der Waals surface area contributed by atoms with Gasteiger partial charge >= 0.3 is 0 Å². The monoisotopic (exact) mass is 475 g/mol. The number of nitrogens with one attached hydrogen (secondary N) is 1. The van der Waals surface area contributed by atoms with Crippen LogP contribution in [0.15, 0.2) is 89.2 Å². The molecule has 1 aliphatic rings. The SMILES string of the molecule is Cn1ccnc1Sc1ccc([C@@H]2Nc3ccccc3C(=O)N2c2ccc(F)cc2)cc1[N+](=O)[O-]. The van der Waals surface area contributed by atoms with Gasteiger partial charge in [0.15, 0.2) is 5.16 Å². The van der Waals surface area contributed by atoms with Gasteiger partial charge in [-0.2, -0.15) is 0 Å². The Balaban J connectivity index is 1.60. The van der Waals surface area contributed by atoms with Gasteiger partial charge in [0.05, 0.1) is 15.4 Å². The Labute approximate surface area is 198 Å². The van der Waals surface area contributed by atoms with Crippen molar-refractivity contribution in [1.29, 1.82) is 0 Å². The van der Waals surface area contributed by atoms with Crippen LogP contribution in [0.5, 0.6) is 0 Å². The molecule has 10 heteroatoms. The molecule has 1 aromatic heterocycles. The molecule has 1 atom stereocenters. The van der Waals surface area contributed by atoms with E-state index in [4.69, 9.17) is 0 Å². The Hall–Kier alpha value is -4.18. The first-order valence-corrected chi connectivity index (χ1v) is 11.1. The molecule has 34 heavy (non-hydrogen) atoms. The summed E-state index contributed by atoms with van der Waals surface area (Å²) in [7, 11) is 1.81. The second-order valence-corrected chi connectivity index (χ2v) is 8.66. The van der Waals surface area contributed by atoms with Crippen LogP contribution in [0.4, 0.5) is 21.5 Å². The summed E-state index contributed by atoms with van der Waals surface area (Å²) in [5, 5.41) is 15.9. The fraction of sp³-hybridized carbons (Fsp3) is 0.0833. The van der Waals surface area contributed by atoms with Crippen LogP contribution < -0.4 is 10.2 Å². The van der Waals surface area contributed by atoms with E-state index in [2.05, 4.69) is 10.3 Å². The fourth-order valence-corrected chi connectivity index (χ4v) is 4.73. The molecule has 0 radical (unpaired) electrons. The zero-order chi connectivity index (χ0) is 23.8. The molecule has 0 saturated heterocycles. The number of imidazole rings is 1. The third kappa shape index (κ3) is 3.88. The van der Waals surface area contributed by atoms with Crippen molar-refractivity contribution in [3.63, 3.8) is 0 Å². The van der Waals surface area contributed by atoms with Gasteiger partial charge in [-0.25, -0.2) is 9.37 Å². The van der Waals surface area contributed by atoms with Gasteiger partial charge in [-0.1, -0.05) is 18.2 Å². The summed E-state index contributed by atoms with van der Waals surface area (Å²) < 4.78 is 15.4. The Kier molecular flexibility index (Phi) is 5.50. The number of rotatable bonds is 5. The number of carbonyl (C=O) groups is 1. The molecule has 170 valence electrons. The van der Waals surface area contributed by atoms with Crippen LogP contribution in [-0.4, -0.2) is 20.4 Å². The Bertz CT molecular complexity index is 1410. The van der Waals surface area contributed by atoms with E-state index < -0.39 is 16.9 Å². The van der Waals surface area contributed by atoms with Gasteiger partial charge < -0.3 is 9.88 Å². The number of halogens is 1. The first-order valence-electron chi connectivity index (χ1n) is 10.3. The van der Waals surface area contributed by atoms with E-state index in [0.29, 0.717) is 32.6 Å². The minimum Gasteiger partial charge on any atom is -0.360 e. The zero-order valence-electron chi connectivity index (χ0n) is 17.9. The first-order chi connectivity index (χ1) is 16.4. The molecule has 0 aliphatic carbocycles. The van der Waals surface area contributed by atoms with Gasteiger partial charge in [-0.05, 0) is 54.2 Å². The maximum Gasteiger partial charge on any atom is 0.283 e. The molecule has 5 rings (SSSR count). The normalized spacial score (nSPS) is 15.1. The van der Waals surface area contributed by atoms with Gasteiger partial charge in [-0.3, -0.25) is 19.8 Å². The summed E-state index contributed by atoms with van der Waals surface area (Å²) in [5.74, 6) is -0.718. The van der Waals surface area contributed by atoms with Crippen molar-refractivity contribution in [2.75, 3.05) is 10.2 Å². The minimum atomic E-state index is -0.737. The Morgan fingerprint density at radius 2 is 1.88 bits per heavy atom. The van der Waals surface area contributed by atoms with Crippen LogP contribution >= 0.6 is 11.8 Å². The van der Waals surface area contributed by atoms with E-state index >= 15 is 0 Å². The van der Waals surface area contributed by atoms with Crippen molar-refractivity contribution in [3.8, 4) is 0 Å². The largest absolute Gasteiger partial charge is 0.360 e. The fourth-order valence-electron chi connectivity index (χ4n) is 3.84. The number of carbonyl (C=O) groups excluding carboxylic acids is 1. The van der Waals surface area contributed by atoms with Gasteiger partial charge in [0.25, 0.3) is 11.6 Å². The van der Waals surface area contributed by atoms with E-state index in [1.807, 2.05) is 7.05 Å². The summed E-state index contributed by atoms with van der Waals surface area (Å²) in [4.78, 5) is 31.1. The van der Waals surface area contributed by atoms with Crippen LogP contribution in [0.1, 0.15) is 22.1 Å². The van der Waals surface area contributed by atoms with Gasteiger partial charge in [0.2, 0.25) is 0 Å². The minimum absolute atomic E-state index is 0.0994. The molecule has 1 amide bonds. The van der Waals surface area contributed by atoms with Crippen molar-refractivity contribution < 1.29 is 14.1 Å². The molecule has 0 bridgehead atoms. The molecule has 0 spiro atoms. The predicted molar refractivity (Wildman–Crippen MR) is 126 cm³/mol. The lowest BCUT2D eigenvalue weighted by molar-refractivity contribution is -0.387.